The molecule has 0 radical (unpaired) electrons. The Morgan fingerprint density at radius 1 is 1.55 bits per heavy atom. The summed E-state index contributed by atoms with van der Waals surface area (Å²) in [5, 5.41) is 6.53. The molecule has 0 fully saturated rings. The van der Waals surface area contributed by atoms with Gasteiger partial charge in [-0.1, -0.05) is 5.16 Å². The number of amides is 1. The first-order valence-electron chi connectivity index (χ1n) is 7.11. The van der Waals surface area contributed by atoms with E-state index in [9.17, 15) is 4.79 Å². The van der Waals surface area contributed by atoms with Gasteiger partial charge in [0.1, 0.15) is 11.6 Å². The van der Waals surface area contributed by atoms with Crippen LogP contribution in [0.15, 0.2) is 29.2 Å². The van der Waals surface area contributed by atoms with Crippen LogP contribution in [0.2, 0.25) is 0 Å². The summed E-state index contributed by atoms with van der Waals surface area (Å²) in [5.41, 5.74) is 2.46. The number of fused-ring (bicyclic) bond motifs is 3. The zero-order chi connectivity index (χ0) is 15.3. The summed E-state index contributed by atoms with van der Waals surface area (Å²) < 4.78 is 7.05. The average molecular weight is 297 g/mol. The zero-order valence-corrected chi connectivity index (χ0v) is 12.3. The Kier molecular flexibility index (Phi) is 2.69. The Hall–Kier alpha value is -2.83. The highest BCUT2D eigenvalue weighted by molar-refractivity contribution is 6.08. The van der Waals surface area contributed by atoms with Gasteiger partial charge in [-0.25, -0.2) is 4.98 Å². The Balaban J connectivity index is 1.72. The number of hydrogen-bond donors (Lipinski definition) is 2. The molecule has 1 amide bonds. The SMILES string of the molecule is Cc1cc(NC(=O)c2c[nH]c3c2-c2nccn2[C@@H](C)C3)no1. The topological polar surface area (TPSA) is 88.7 Å². The van der Waals surface area contributed by atoms with Crippen LogP contribution in [-0.4, -0.2) is 25.6 Å². The molecule has 22 heavy (non-hydrogen) atoms. The van der Waals surface area contributed by atoms with Crippen LogP contribution >= 0.6 is 0 Å². The molecule has 7 nitrogen and oxygen atoms in total. The van der Waals surface area contributed by atoms with Gasteiger partial charge in [0.15, 0.2) is 5.82 Å². The van der Waals surface area contributed by atoms with E-state index >= 15 is 0 Å². The number of imidazole rings is 1. The lowest BCUT2D eigenvalue weighted by Crippen LogP contribution is -2.18. The van der Waals surface area contributed by atoms with Crippen LogP contribution in [0.25, 0.3) is 11.4 Å². The predicted octanol–water partition coefficient (Wildman–Crippen LogP) is 2.54. The van der Waals surface area contributed by atoms with Crippen molar-refractivity contribution in [1.82, 2.24) is 19.7 Å². The number of rotatable bonds is 2. The van der Waals surface area contributed by atoms with Crippen LogP contribution in [0.1, 0.15) is 34.8 Å². The first-order valence-corrected chi connectivity index (χ1v) is 7.11. The van der Waals surface area contributed by atoms with Gasteiger partial charge >= 0.3 is 0 Å². The van der Waals surface area contributed by atoms with E-state index in [2.05, 4.69) is 31.9 Å². The number of nitrogens with zero attached hydrogens (tertiary/aromatic N) is 3. The van der Waals surface area contributed by atoms with Crippen molar-refractivity contribution in [3.05, 3.63) is 41.7 Å². The van der Waals surface area contributed by atoms with E-state index in [0.717, 1.165) is 23.5 Å². The minimum absolute atomic E-state index is 0.227. The van der Waals surface area contributed by atoms with Crippen molar-refractivity contribution in [2.45, 2.75) is 26.3 Å². The van der Waals surface area contributed by atoms with E-state index in [-0.39, 0.29) is 5.91 Å². The molecule has 0 spiro atoms. The maximum absolute atomic E-state index is 12.5. The van der Waals surface area contributed by atoms with Crippen LogP contribution in [0.3, 0.4) is 0 Å². The summed E-state index contributed by atoms with van der Waals surface area (Å²) in [7, 11) is 0. The molecule has 1 aliphatic heterocycles. The smallest absolute Gasteiger partial charge is 0.259 e. The summed E-state index contributed by atoms with van der Waals surface area (Å²) in [6.45, 7) is 3.91. The van der Waals surface area contributed by atoms with E-state index < -0.39 is 0 Å². The normalized spacial score (nSPS) is 16.2. The van der Waals surface area contributed by atoms with E-state index in [1.807, 2.05) is 6.20 Å². The van der Waals surface area contributed by atoms with Gasteiger partial charge in [-0.3, -0.25) is 4.79 Å². The van der Waals surface area contributed by atoms with Gasteiger partial charge in [-0.2, -0.15) is 0 Å². The molecule has 4 rings (SSSR count). The summed E-state index contributed by atoms with van der Waals surface area (Å²) in [6, 6.07) is 2.00. The second-order valence-corrected chi connectivity index (χ2v) is 5.54. The van der Waals surface area contributed by atoms with Crippen molar-refractivity contribution in [3.63, 3.8) is 0 Å². The molecular weight excluding hydrogens is 282 g/mol. The third-order valence-corrected chi connectivity index (χ3v) is 3.94. The molecule has 0 aromatic carbocycles. The van der Waals surface area contributed by atoms with Crippen molar-refractivity contribution in [2.24, 2.45) is 0 Å². The van der Waals surface area contributed by atoms with Gasteiger partial charge < -0.3 is 19.4 Å². The number of carbonyl (C=O) groups is 1. The maximum Gasteiger partial charge on any atom is 0.259 e. The monoisotopic (exact) mass is 297 g/mol. The number of carbonyl (C=O) groups excluding carboxylic acids is 1. The highest BCUT2D eigenvalue weighted by atomic mass is 16.5. The lowest BCUT2D eigenvalue weighted by molar-refractivity contribution is 0.102. The van der Waals surface area contributed by atoms with Crippen LogP contribution < -0.4 is 5.32 Å². The van der Waals surface area contributed by atoms with E-state index in [1.54, 1.807) is 25.4 Å². The molecule has 4 heterocycles. The minimum Gasteiger partial charge on any atom is -0.364 e. The molecule has 0 aliphatic carbocycles. The molecule has 112 valence electrons. The van der Waals surface area contributed by atoms with Crippen LogP contribution in [0.4, 0.5) is 5.82 Å². The van der Waals surface area contributed by atoms with Gasteiger partial charge in [0, 0.05) is 42.8 Å². The molecule has 3 aromatic heterocycles. The fourth-order valence-corrected chi connectivity index (χ4v) is 2.93. The third-order valence-electron chi connectivity index (χ3n) is 3.94. The van der Waals surface area contributed by atoms with Gasteiger partial charge in [0.05, 0.1) is 11.1 Å². The highest BCUT2D eigenvalue weighted by Crippen LogP contribution is 2.35. The Morgan fingerprint density at radius 3 is 3.18 bits per heavy atom. The van der Waals surface area contributed by atoms with Crippen LogP contribution in [-0.2, 0) is 6.42 Å². The van der Waals surface area contributed by atoms with E-state index in [4.69, 9.17) is 4.52 Å². The summed E-state index contributed by atoms with van der Waals surface area (Å²) in [4.78, 5) is 20.1. The molecule has 1 aliphatic rings. The Bertz CT molecular complexity index is 857. The van der Waals surface area contributed by atoms with Gasteiger partial charge in [0.2, 0.25) is 0 Å². The third kappa shape index (κ3) is 1.86. The standard InChI is InChI=1S/C15H15N5O2/c1-8-5-11-13(14-16-3-4-20(8)14)10(7-17-11)15(21)18-12-6-9(2)22-19-12/h3-4,6-8,17H,5H2,1-2H3,(H,18,19,21)/t8-/m0/s1. The Morgan fingerprint density at radius 2 is 2.41 bits per heavy atom. The number of hydrogen-bond acceptors (Lipinski definition) is 4. The molecule has 0 bridgehead atoms. The van der Waals surface area contributed by atoms with Gasteiger partial charge in [0.25, 0.3) is 5.91 Å². The quantitative estimate of drug-likeness (QED) is 0.760. The minimum atomic E-state index is -0.227. The summed E-state index contributed by atoms with van der Waals surface area (Å²) >= 11 is 0. The number of nitrogens with one attached hydrogen (secondary N) is 2. The molecule has 0 unspecified atom stereocenters. The van der Waals surface area contributed by atoms with Gasteiger partial charge in [-0.15, -0.1) is 0 Å². The lowest BCUT2D eigenvalue weighted by atomic mass is 10.0. The molecule has 7 heteroatoms. The fraction of sp³-hybridized carbons (Fsp3) is 0.267. The molecular formula is C15H15N5O2. The van der Waals surface area contributed by atoms with Crippen molar-refractivity contribution in [3.8, 4) is 11.4 Å². The number of aryl methyl sites for hydroxylation is 1. The molecule has 2 N–H and O–H groups in total. The maximum atomic E-state index is 12.5. The van der Waals surface area contributed by atoms with E-state index in [1.165, 1.54) is 0 Å². The number of anilines is 1. The van der Waals surface area contributed by atoms with Crippen molar-refractivity contribution in [1.29, 1.82) is 0 Å². The molecule has 1 atom stereocenters. The van der Waals surface area contributed by atoms with Crippen LogP contribution in [0, 0.1) is 6.92 Å². The molecule has 0 saturated heterocycles. The zero-order valence-electron chi connectivity index (χ0n) is 12.3. The largest absolute Gasteiger partial charge is 0.364 e. The number of aromatic nitrogens is 4. The lowest BCUT2D eigenvalue weighted by Gasteiger charge is -2.22. The second-order valence-electron chi connectivity index (χ2n) is 5.54. The van der Waals surface area contributed by atoms with Crippen LogP contribution in [0.5, 0.6) is 0 Å². The van der Waals surface area contributed by atoms with Crippen molar-refractivity contribution < 1.29 is 9.32 Å². The number of aromatic amines is 1. The first kappa shape index (κ1) is 12.9. The highest BCUT2D eigenvalue weighted by Gasteiger charge is 2.28. The molecule has 3 aromatic rings. The predicted molar refractivity (Wildman–Crippen MR) is 79.6 cm³/mol. The summed E-state index contributed by atoms with van der Waals surface area (Å²) in [6.07, 6.45) is 6.27. The Labute approximate surface area is 126 Å². The average Bonchev–Trinajstić information content (AvgIpc) is 3.17. The number of H-pyrrole nitrogens is 1. The molecule has 0 saturated carbocycles. The van der Waals surface area contributed by atoms with E-state index in [0.29, 0.717) is 23.2 Å². The summed E-state index contributed by atoms with van der Waals surface area (Å²) in [5.74, 6) is 1.65. The van der Waals surface area contributed by atoms with Crippen molar-refractivity contribution in [2.75, 3.05) is 5.32 Å². The fourth-order valence-electron chi connectivity index (χ4n) is 2.93. The second kappa shape index (κ2) is 4.59. The van der Waals surface area contributed by atoms with Gasteiger partial charge in [-0.05, 0) is 13.8 Å². The van der Waals surface area contributed by atoms with Crippen molar-refractivity contribution >= 4 is 11.7 Å². The first-order chi connectivity index (χ1) is 10.6.